The standard InChI is InChI=1S/C63H55NO11/c65-37-48-33-53(64-61(67)49-29-31-51(32-30-49)70-38-43-17-6-1-7-18-43)55(34-48)75-62(68)50-35-56(72-40-45-21-10-3-11-22-45)59(57(36-50)73-41-46-23-12-4-13-24-46)60(66)58-52(63(69)74-42-47-25-14-5-15-26-47)27-16-28-54(58)71-39-44-19-8-2-9-20-44/h1-32,35-36,48,53,55,65H,33-34,37-42H2,(H,64,67)/t48-,53+,55+/m0/s1. The Bertz CT molecular complexity index is 3110. The molecule has 3 atom stereocenters. The highest BCUT2D eigenvalue weighted by atomic mass is 16.5. The number of nitrogens with one attached hydrogen (secondary N) is 1. The van der Waals surface area contributed by atoms with Crippen molar-refractivity contribution in [3.8, 4) is 23.0 Å². The number of hydrogen-bond acceptors (Lipinski definition) is 11. The number of hydrogen-bond donors (Lipinski definition) is 2. The van der Waals surface area contributed by atoms with E-state index in [-0.39, 0.29) is 90.8 Å². The number of esters is 2. The van der Waals surface area contributed by atoms with Crippen molar-refractivity contribution < 1.29 is 52.7 Å². The fourth-order valence-corrected chi connectivity index (χ4v) is 8.78. The van der Waals surface area contributed by atoms with Gasteiger partial charge in [-0.25, -0.2) is 9.59 Å². The van der Waals surface area contributed by atoms with Crippen LogP contribution in [0.5, 0.6) is 23.0 Å². The highest BCUT2D eigenvalue weighted by molar-refractivity contribution is 6.19. The molecule has 8 aromatic carbocycles. The quantitative estimate of drug-likeness (QED) is 0.0492. The lowest BCUT2D eigenvalue weighted by atomic mass is 9.94. The molecular weight excluding hydrogens is 947 g/mol. The van der Waals surface area contributed by atoms with Gasteiger partial charge in [-0.2, -0.15) is 0 Å². The molecule has 1 saturated carbocycles. The normalized spacial score (nSPS) is 14.8. The van der Waals surface area contributed by atoms with E-state index in [1.807, 2.05) is 152 Å². The summed E-state index contributed by atoms with van der Waals surface area (Å²) in [6.45, 7) is 0.154. The zero-order chi connectivity index (χ0) is 51.8. The van der Waals surface area contributed by atoms with Crippen molar-refractivity contribution in [2.24, 2.45) is 5.92 Å². The van der Waals surface area contributed by atoms with Crippen LogP contribution < -0.4 is 24.3 Å². The van der Waals surface area contributed by atoms with Crippen LogP contribution in [0, 0.1) is 5.92 Å². The highest BCUT2D eigenvalue weighted by Gasteiger charge is 2.39. The third kappa shape index (κ3) is 13.5. The molecule has 0 radical (unpaired) electrons. The summed E-state index contributed by atoms with van der Waals surface area (Å²) in [5.41, 5.74) is 4.21. The van der Waals surface area contributed by atoms with Gasteiger partial charge in [0.25, 0.3) is 5.91 Å². The second kappa shape index (κ2) is 25.1. The summed E-state index contributed by atoms with van der Waals surface area (Å²) >= 11 is 0. The molecule has 12 nitrogen and oxygen atoms in total. The molecule has 0 bridgehead atoms. The van der Waals surface area contributed by atoms with Gasteiger partial charge >= 0.3 is 11.9 Å². The van der Waals surface area contributed by atoms with Crippen LogP contribution in [-0.2, 0) is 42.5 Å². The van der Waals surface area contributed by atoms with Crippen molar-refractivity contribution >= 4 is 23.6 Å². The molecule has 0 aromatic heterocycles. The molecule has 1 aliphatic rings. The largest absolute Gasteiger partial charge is 0.489 e. The Balaban J connectivity index is 1.05. The molecule has 0 heterocycles. The SMILES string of the molecule is O=C(N[C@@H]1C[C@H](CO)C[C@H]1OC(=O)c1cc(OCc2ccccc2)c(C(=O)c2c(OCc3ccccc3)cccc2C(=O)OCc2ccccc2)c(OCc2ccccc2)c1)c1ccc(OCc2ccccc2)cc1. The number of aliphatic hydroxyl groups excluding tert-OH is 1. The van der Waals surface area contributed by atoms with E-state index in [4.69, 9.17) is 28.4 Å². The number of benzene rings is 8. The fraction of sp³-hybridized carbons (Fsp3) is 0.175. The lowest BCUT2D eigenvalue weighted by Crippen LogP contribution is -2.42. The van der Waals surface area contributed by atoms with Crippen molar-refractivity contribution in [1.29, 1.82) is 0 Å². The lowest BCUT2D eigenvalue weighted by Gasteiger charge is -2.23. The monoisotopic (exact) mass is 1000 g/mol. The average molecular weight is 1000 g/mol. The van der Waals surface area contributed by atoms with Crippen LogP contribution in [0.2, 0.25) is 0 Å². The van der Waals surface area contributed by atoms with E-state index in [2.05, 4.69) is 5.32 Å². The van der Waals surface area contributed by atoms with Crippen LogP contribution in [-0.4, -0.2) is 47.5 Å². The second-order valence-corrected chi connectivity index (χ2v) is 18.1. The Morgan fingerprint density at radius 3 is 1.41 bits per heavy atom. The number of amides is 1. The van der Waals surface area contributed by atoms with E-state index in [0.29, 0.717) is 24.3 Å². The molecule has 75 heavy (non-hydrogen) atoms. The van der Waals surface area contributed by atoms with E-state index in [1.54, 1.807) is 36.4 Å². The highest BCUT2D eigenvalue weighted by Crippen LogP contribution is 2.39. The first kappa shape index (κ1) is 50.9. The molecule has 1 aliphatic carbocycles. The summed E-state index contributed by atoms with van der Waals surface area (Å²) in [7, 11) is 0. The Morgan fingerprint density at radius 2 is 0.920 bits per heavy atom. The maximum absolute atomic E-state index is 15.7. The third-order valence-electron chi connectivity index (χ3n) is 12.7. The number of ether oxygens (including phenoxy) is 6. The van der Waals surface area contributed by atoms with Gasteiger partial charge < -0.3 is 38.8 Å². The first-order valence-corrected chi connectivity index (χ1v) is 24.7. The average Bonchev–Trinajstić information content (AvgIpc) is 3.85. The van der Waals surface area contributed by atoms with Crippen molar-refractivity contribution in [3.05, 3.63) is 262 Å². The predicted octanol–water partition coefficient (Wildman–Crippen LogP) is 11.3. The molecule has 0 aliphatic heterocycles. The number of ketones is 1. The van der Waals surface area contributed by atoms with Crippen molar-refractivity contribution in [2.75, 3.05) is 6.61 Å². The minimum atomic E-state index is -0.839. The molecule has 1 fully saturated rings. The maximum atomic E-state index is 15.7. The van der Waals surface area contributed by atoms with Crippen LogP contribution in [0.3, 0.4) is 0 Å². The van der Waals surface area contributed by atoms with Crippen LogP contribution in [0.4, 0.5) is 0 Å². The molecule has 0 spiro atoms. The topological polar surface area (TPSA) is 156 Å². The van der Waals surface area contributed by atoms with Gasteiger partial charge in [-0.15, -0.1) is 0 Å². The number of carbonyl (C=O) groups is 4. The molecule has 8 aromatic rings. The van der Waals surface area contributed by atoms with Crippen molar-refractivity contribution in [3.63, 3.8) is 0 Å². The molecule has 2 N–H and O–H groups in total. The Kier molecular flexibility index (Phi) is 17.0. The van der Waals surface area contributed by atoms with Gasteiger partial charge in [-0.3, -0.25) is 9.59 Å². The summed E-state index contributed by atoms with van der Waals surface area (Å²) in [6, 6.07) is 60.6. The van der Waals surface area contributed by atoms with E-state index >= 15 is 4.79 Å². The first-order valence-electron chi connectivity index (χ1n) is 24.7. The third-order valence-corrected chi connectivity index (χ3v) is 12.7. The van der Waals surface area contributed by atoms with Crippen LogP contribution in [0.25, 0.3) is 0 Å². The van der Waals surface area contributed by atoms with Crippen LogP contribution >= 0.6 is 0 Å². The molecule has 12 heteroatoms. The molecule has 0 saturated heterocycles. The minimum Gasteiger partial charge on any atom is -0.489 e. The maximum Gasteiger partial charge on any atom is 0.339 e. The lowest BCUT2D eigenvalue weighted by molar-refractivity contribution is 0.0237. The Hall–Kier alpha value is -9.00. The van der Waals surface area contributed by atoms with Gasteiger partial charge in [0.1, 0.15) is 67.7 Å². The Labute approximate surface area is 435 Å². The smallest absolute Gasteiger partial charge is 0.339 e. The summed E-state index contributed by atoms with van der Waals surface area (Å²) in [5, 5.41) is 13.3. The van der Waals surface area contributed by atoms with Gasteiger partial charge in [-0.05, 0) is 95.1 Å². The van der Waals surface area contributed by atoms with Gasteiger partial charge in [0, 0.05) is 12.2 Å². The number of aliphatic hydroxyl groups is 1. The number of carbonyl (C=O) groups excluding carboxylic acids is 4. The minimum absolute atomic E-state index is 0.0163. The summed E-state index contributed by atoms with van der Waals surface area (Å²) < 4.78 is 37.4. The van der Waals surface area contributed by atoms with E-state index in [9.17, 15) is 19.5 Å². The zero-order valence-corrected chi connectivity index (χ0v) is 41.0. The first-order chi connectivity index (χ1) is 36.8. The van der Waals surface area contributed by atoms with Crippen LogP contribution in [0.15, 0.2) is 206 Å². The van der Waals surface area contributed by atoms with E-state index < -0.39 is 29.9 Å². The predicted molar refractivity (Wildman–Crippen MR) is 282 cm³/mol. The van der Waals surface area contributed by atoms with E-state index in [0.717, 1.165) is 27.8 Å². The van der Waals surface area contributed by atoms with Crippen molar-refractivity contribution in [2.45, 2.75) is 58.0 Å². The number of rotatable bonds is 22. The molecule has 9 rings (SSSR count). The van der Waals surface area contributed by atoms with Gasteiger partial charge in [-0.1, -0.05) is 158 Å². The van der Waals surface area contributed by atoms with Gasteiger partial charge in [0.05, 0.1) is 22.7 Å². The molecule has 0 unspecified atom stereocenters. The van der Waals surface area contributed by atoms with Gasteiger partial charge in [0.2, 0.25) is 5.78 Å². The second-order valence-electron chi connectivity index (χ2n) is 18.1. The summed E-state index contributed by atoms with van der Waals surface area (Å²) in [6.07, 6.45) is -0.216. The van der Waals surface area contributed by atoms with Crippen LogP contribution in [0.1, 0.15) is 87.7 Å². The Morgan fingerprint density at radius 1 is 0.453 bits per heavy atom. The summed E-state index contributed by atoms with van der Waals surface area (Å²) in [5.74, 6) is -2.29. The fourth-order valence-electron chi connectivity index (χ4n) is 8.78. The van der Waals surface area contributed by atoms with Crippen molar-refractivity contribution in [1.82, 2.24) is 5.32 Å². The van der Waals surface area contributed by atoms with Gasteiger partial charge in [0.15, 0.2) is 0 Å². The van der Waals surface area contributed by atoms with E-state index in [1.165, 1.54) is 18.2 Å². The zero-order valence-electron chi connectivity index (χ0n) is 41.0. The summed E-state index contributed by atoms with van der Waals surface area (Å²) in [4.78, 5) is 58.3. The molecule has 378 valence electrons. The molecular formula is C63H55NO11. The molecule has 1 amide bonds.